The molecule has 1 amide bonds. The number of rotatable bonds is 14. The van der Waals surface area contributed by atoms with E-state index in [0.717, 1.165) is 19.4 Å². The summed E-state index contributed by atoms with van der Waals surface area (Å²) in [4.78, 5) is 37.5. The van der Waals surface area contributed by atoms with Crippen LogP contribution in [0.25, 0.3) is 10.8 Å². The number of aromatic amines is 1. The average molecular weight is 531 g/mol. The number of benzene rings is 2. The van der Waals surface area contributed by atoms with Crippen molar-refractivity contribution in [3.63, 3.8) is 0 Å². The summed E-state index contributed by atoms with van der Waals surface area (Å²) in [5.41, 5.74) is 2.96. The number of anilines is 1. The maximum Gasteiger partial charge on any atom is 0.323 e. The van der Waals surface area contributed by atoms with E-state index < -0.39 is 22.0 Å². The minimum atomic E-state index is -4.18. The van der Waals surface area contributed by atoms with Crippen LogP contribution in [0.15, 0.2) is 59.8 Å². The smallest absolute Gasteiger partial charge is 0.323 e. The van der Waals surface area contributed by atoms with Crippen molar-refractivity contribution in [1.82, 2.24) is 25.1 Å². The van der Waals surface area contributed by atoms with Gasteiger partial charge < -0.3 is 20.3 Å². The van der Waals surface area contributed by atoms with Crippen LogP contribution >= 0.6 is 0 Å². The highest BCUT2D eigenvalue weighted by Crippen LogP contribution is 2.23. The second kappa shape index (κ2) is 12.1. The molecule has 1 aliphatic heterocycles. The molecule has 1 aromatic heterocycles. The number of carboxylic acid groups (broad SMARTS) is 1. The molecule has 0 saturated carbocycles. The first-order valence-corrected chi connectivity index (χ1v) is 13.4. The van der Waals surface area contributed by atoms with Crippen LogP contribution in [0, 0.1) is 0 Å². The maximum absolute atomic E-state index is 13.1. The number of hydrogen-bond donors (Lipinski definition) is 5. The molecular weight excluding hydrogens is 500 g/mol. The van der Waals surface area contributed by atoms with Crippen molar-refractivity contribution in [3.05, 3.63) is 54.9 Å². The van der Waals surface area contributed by atoms with E-state index in [0.29, 0.717) is 29.6 Å². The fourth-order valence-electron chi connectivity index (χ4n) is 4.32. The molecule has 12 nitrogen and oxygen atoms in total. The van der Waals surface area contributed by atoms with Gasteiger partial charge in [0, 0.05) is 43.5 Å². The second-order valence-corrected chi connectivity index (χ2v) is 10.5. The zero-order valence-electron chi connectivity index (χ0n) is 20.0. The number of nitrogens with one attached hydrogen (secondary N) is 4. The standard InChI is InChI=1S/C24H30N6O6S/c31-16-30(14-19-13-18(28-36-19)7-4-10-25-24-26-11-12-27-24)15-21(23(32)33)29-37(34,35)22-9-3-6-17-5-1-2-8-20(17)22/h1-3,5-6,8-9,11-12,16,18-19,21,28-29H,4,7,10,13-15H2,(H,32,33)(H2,25,26,27). The molecule has 2 heterocycles. The van der Waals surface area contributed by atoms with E-state index in [1.165, 1.54) is 11.0 Å². The lowest BCUT2D eigenvalue weighted by molar-refractivity contribution is -0.140. The number of H-pyrrole nitrogens is 1. The van der Waals surface area contributed by atoms with Gasteiger partial charge in [-0.2, -0.15) is 10.2 Å². The highest BCUT2D eigenvalue weighted by atomic mass is 32.2. The Morgan fingerprint density at radius 3 is 2.84 bits per heavy atom. The number of imidazole rings is 1. The summed E-state index contributed by atoms with van der Waals surface area (Å²) >= 11 is 0. The summed E-state index contributed by atoms with van der Waals surface area (Å²) in [7, 11) is -4.18. The summed E-state index contributed by atoms with van der Waals surface area (Å²) in [5, 5.41) is 14.1. The number of carbonyl (C=O) groups excluding carboxylic acids is 1. The highest BCUT2D eigenvalue weighted by molar-refractivity contribution is 7.89. The third kappa shape index (κ3) is 7.04. The van der Waals surface area contributed by atoms with Gasteiger partial charge in [0.25, 0.3) is 0 Å². The number of aromatic nitrogens is 2. The van der Waals surface area contributed by atoms with Crippen LogP contribution in [0.2, 0.25) is 0 Å². The molecule has 37 heavy (non-hydrogen) atoms. The van der Waals surface area contributed by atoms with Gasteiger partial charge in [-0.25, -0.2) is 13.4 Å². The first kappa shape index (κ1) is 26.5. The van der Waals surface area contributed by atoms with Gasteiger partial charge in [-0.05, 0) is 30.7 Å². The van der Waals surface area contributed by atoms with Crippen molar-refractivity contribution in [1.29, 1.82) is 0 Å². The van der Waals surface area contributed by atoms with Crippen LogP contribution in [0.1, 0.15) is 19.3 Å². The zero-order chi connectivity index (χ0) is 26.3. The number of hydrogen-bond acceptors (Lipinski definition) is 8. The number of sulfonamides is 1. The molecule has 0 spiro atoms. The molecule has 0 radical (unpaired) electrons. The maximum atomic E-state index is 13.1. The Morgan fingerprint density at radius 2 is 2.08 bits per heavy atom. The molecular formula is C24H30N6O6S. The lowest BCUT2D eigenvalue weighted by atomic mass is 10.1. The number of aliphatic carboxylic acids is 1. The summed E-state index contributed by atoms with van der Waals surface area (Å²) in [5.74, 6) is -0.678. The Bertz CT molecular complexity index is 1300. The van der Waals surface area contributed by atoms with Gasteiger partial charge in [-0.15, -0.1) is 0 Å². The van der Waals surface area contributed by atoms with E-state index in [1.807, 2.05) is 0 Å². The van der Waals surface area contributed by atoms with Gasteiger partial charge in [-0.1, -0.05) is 36.4 Å². The Balaban J connectivity index is 1.31. The molecule has 0 bridgehead atoms. The Morgan fingerprint density at radius 1 is 1.27 bits per heavy atom. The predicted octanol–water partition coefficient (Wildman–Crippen LogP) is 1.31. The van der Waals surface area contributed by atoms with Crippen molar-refractivity contribution in [2.75, 3.05) is 25.0 Å². The van der Waals surface area contributed by atoms with Gasteiger partial charge in [0.2, 0.25) is 16.4 Å². The number of hydroxylamine groups is 1. The Labute approximate surface area is 214 Å². The second-order valence-electron chi connectivity index (χ2n) is 8.85. The van der Waals surface area contributed by atoms with Gasteiger partial charge in [-0.3, -0.25) is 14.4 Å². The van der Waals surface area contributed by atoms with Crippen molar-refractivity contribution < 1.29 is 28.0 Å². The van der Waals surface area contributed by atoms with E-state index in [9.17, 15) is 23.1 Å². The van der Waals surface area contributed by atoms with Crippen molar-refractivity contribution in [3.8, 4) is 0 Å². The molecule has 2 aromatic carbocycles. The molecule has 4 rings (SSSR count). The third-order valence-electron chi connectivity index (χ3n) is 6.11. The lowest BCUT2D eigenvalue weighted by Gasteiger charge is -2.24. The number of fused-ring (bicyclic) bond motifs is 1. The Kier molecular flexibility index (Phi) is 8.71. The van der Waals surface area contributed by atoms with E-state index in [2.05, 4.69) is 25.5 Å². The Hall–Kier alpha value is -3.52. The van der Waals surface area contributed by atoms with E-state index in [4.69, 9.17) is 4.84 Å². The highest BCUT2D eigenvalue weighted by Gasteiger charge is 2.31. The quantitative estimate of drug-likeness (QED) is 0.153. The van der Waals surface area contributed by atoms with Gasteiger partial charge in [0.05, 0.1) is 11.0 Å². The molecule has 1 saturated heterocycles. The SMILES string of the molecule is O=CN(CC1CC(CCCNc2ncc[nH]2)NO1)CC(NS(=O)(=O)c1cccc2ccccc12)C(=O)O. The minimum absolute atomic E-state index is 0.0257. The zero-order valence-corrected chi connectivity index (χ0v) is 20.9. The van der Waals surface area contributed by atoms with Crippen LogP contribution in [0.4, 0.5) is 5.95 Å². The predicted molar refractivity (Wildman–Crippen MR) is 136 cm³/mol. The van der Waals surface area contributed by atoms with Crippen LogP contribution in [-0.2, 0) is 24.4 Å². The molecule has 1 fully saturated rings. The lowest BCUT2D eigenvalue weighted by Crippen LogP contribution is -2.49. The molecule has 5 N–H and O–H groups in total. The van der Waals surface area contributed by atoms with E-state index in [1.54, 1.807) is 48.8 Å². The van der Waals surface area contributed by atoms with Crippen LogP contribution in [0.5, 0.6) is 0 Å². The van der Waals surface area contributed by atoms with E-state index in [-0.39, 0.29) is 30.1 Å². The molecule has 3 unspecified atom stereocenters. The van der Waals surface area contributed by atoms with Crippen LogP contribution in [-0.4, -0.2) is 78.6 Å². The first-order chi connectivity index (χ1) is 17.9. The molecule has 198 valence electrons. The number of nitrogens with zero attached hydrogens (tertiary/aromatic N) is 2. The summed E-state index contributed by atoms with van der Waals surface area (Å²) in [6.45, 7) is 0.506. The van der Waals surface area contributed by atoms with Gasteiger partial charge in [0.15, 0.2) is 5.95 Å². The third-order valence-corrected chi connectivity index (χ3v) is 7.64. The van der Waals surface area contributed by atoms with E-state index >= 15 is 0 Å². The molecule has 1 aliphatic rings. The summed E-state index contributed by atoms with van der Waals surface area (Å²) in [6, 6.07) is 10.3. The molecule has 13 heteroatoms. The van der Waals surface area contributed by atoms with Crippen LogP contribution < -0.4 is 15.5 Å². The minimum Gasteiger partial charge on any atom is -0.480 e. The number of carbonyl (C=O) groups is 2. The van der Waals surface area contributed by atoms with Crippen molar-refractivity contribution >= 4 is 39.1 Å². The largest absolute Gasteiger partial charge is 0.480 e. The summed E-state index contributed by atoms with van der Waals surface area (Å²) in [6.07, 6.45) is 5.88. The monoisotopic (exact) mass is 530 g/mol. The van der Waals surface area contributed by atoms with Crippen molar-refractivity contribution in [2.45, 2.75) is 42.3 Å². The average Bonchev–Trinajstić information content (AvgIpc) is 3.57. The fourth-order valence-corrected chi connectivity index (χ4v) is 5.73. The number of amides is 1. The van der Waals surface area contributed by atoms with Gasteiger partial charge in [0.1, 0.15) is 6.04 Å². The molecule has 0 aliphatic carbocycles. The van der Waals surface area contributed by atoms with Crippen LogP contribution in [0.3, 0.4) is 0 Å². The number of carboxylic acids is 1. The normalized spacial score (nSPS) is 18.5. The van der Waals surface area contributed by atoms with Crippen molar-refractivity contribution in [2.24, 2.45) is 0 Å². The fraction of sp³-hybridized carbons (Fsp3) is 0.375. The molecule has 3 atom stereocenters. The first-order valence-electron chi connectivity index (χ1n) is 11.9. The molecule has 3 aromatic rings. The van der Waals surface area contributed by atoms with Gasteiger partial charge >= 0.3 is 5.97 Å². The topological polar surface area (TPSA) is 166 Å². The summed E-state index contributed by atoms with van der Waals surface area (Å²) < 4.78 is 28.4.